The molecule has 6 atom stereocenters. The summed E-state index contributed by atoms with van der Waals surface area (Å²) in [4.78, 5) is 40.3. The van der Waals surface area contributed by atoms with Crippen LogP contribution in [-0.4, -0.2) is 84.8 Å². The first-order valence-electron chi connectivity index (χ1n) is 9.75. The Morgan fingerprint density at radius 3 is 2.57 bits per heavy atom. The van der Waals surface area contributed by atoms with Gasteiger partial charge in [-0.25, -0.2) is 18.4 Å². The summed E-state index contributed by atoms with van der Waals surface area (Å²) in [6.45, 7) is 4.08. The molecule has 2 fully saturated rings. The summed E-state index contributed by atoms with van der Waals surface area (Å²) in [6.07, 6.45) is 0.564. The normalized spacial score (nSPS) is 32.1. The monoisotopic (exact) mass is 460 g/mol. The molecular weight excluding hydrogens is 432 g/mol. The predicted octanol–water partition coefficient (Wildman–Crippen LogP) is -0.764. The van der Waals surface area contributed by atoms with E-state index in [2.05, 4.69) is 5.32 Å². The average Bonchev–Trinajstić information content (AvgIpc) is 3.15. The first kappa shape index (κ1) is 23.0. The first-order valence-corrected chi connectivity index (χ1v) is 12.3. The highest BCUT2D eigenvalue weighted by atomic mass is 32.2. The molecule has 12 heteroatoms. The number of fused-ring (bicyclic) bond motifs is 1. The van der Waals surface area contributed by atoms with Gasteiger partial charge in [0.1, 0.15) is 5.70 Å². The van der Waals surface area contributed by atoms with Crippen LogP contribution in [0.4, 0.5) is 0 Å². The lowest BCUT2D eigenvalue weighted by Gasteiger charge is -2.47. The van der Waals surface area contributed by atoms with Crippen molar-refractivity contribution >= 4 is 39.6 Å². The number of carboxylic acids is 1. The van der Waals surface area contributed by atoms with E-state index < -0.39 is 33.9 Å². The standard InChI is InChI=1S/C18H28N4O6S2/c1-8(7-30(19,27)28)12-13-9(2)15(14(18(25)26)22(13)17(12)24)29-10-5-11(20-6-10)16(23)21(3)4/h8-13,20H,5-7H2,1-4H3,(H,25,26)(H2,19,27,28)/t8-,9+,10-,11-,12+,13-/m0/s1. The van der Waals surface area contributed by atoms with Crippen molar-refractivity contribution in [2.75, 3.05) is 26.4 Å². The number of sulfonamides is 1. The Morgan fingerprint density at radius 1 is 1.40 bits per heavy atom. The van der Waals surface area contributed by atoms with E-state index in [1.54, 1.807) is 21.0 Å². The summed E-state index contributed by atoms with van der Waals surface area (Å²) >= 11 is 1.40. The zero-order valence-corrected chi connectivity index (χ0v) is 19.0. The number of carbonyl (C=O) groups is 3. The molecule has 2 amide bonds. The lowest BCUT2D eigenvalue weighted by atomic mass is 9.75. The topological polar surface area (TPSA) is 150 Å². The smallest absolute Gasteiger partial charge is 0.353 e. The van der Waals surface area contributed by atoms with E-state index in [-0.39, 0.29) is 40.5 Å². The van der Waals surface area contributed by atoms with E-state index in [0.717, 1.165) is 0 Å². The van der Waals surface area contributed by atoms with Gasteiger partial charge in [0.05, 0.1) is 23.8 Å². The van der Waals surface area contributed by atoms with Gasteiger partial charge in [0, 0.05) is 36.7 Å². The molecule has 10 nitrogen and oxygen atoms in total. The van der Waals surface area contributed by atoms with Crippen LogP contribution in [-0.2, 0) is 24.4 Å². The molecule has 0 spiro atoms. The number of hydrogen-bond acceptors (Lipinski definition) is 7. The van der Waals surface area contributed by atoms with Crippen LogP contribution in [0.1, 0.15) is 20.3 Å². The number of nitrogens with two attached hydrogens (primary N) is 1. The van der Waals surface area contributed by atoms with Crippen molar-refractivity contribution in [2.24, 2.45) is 22.9 Å². The van der Waals surface area contributed by atoms with Crippen LogP contribution in [0.15, 0.2) is 10.6 Å². The van der Waals surface area contributed by atoms with Gasteiger partial charge in [0.15, 0.2) is 0 Å². The molecule has 0 unspecified atom stereocenters. The number of rotatable bonds is 7. The van der Waals surface area contributed by atoms with Crippen molar-refractivity contribution in [1.82, 2.24) is 15.1 Å². The molecule has 0 aliphatic carbocycles. The Kier molecular flexibility index (Phi) is 6.25. The number of likely N-dealkylation sites (N-methyl/N-ethyl adjacent to an activating group) is 1. The maximum Gasteiger partial charge on any atom is 0.353 e. The molecule has 0 aromatic carbocycles. The fourth-order valence-electron chi connectivity index (χ4n) is 4.71. The van der Waals surface area contributed by atoms with Gasteiger partial charge in [0.25, 0.3) is 0 Å². The molecule has 4 N–H and O–H groups in total. The van der Waals surface area contributed by atoms with E-state index in [1.165, 1.54) is 21.6 Å². The number of hydrogen-bond donors (Lipinski definition) is 3. The molecule has 3 rings (SSSR count). The first-order chi connectivity index (χ1) is 13.8. The fourth-order valence-corrected chi connectivity index (χ4v) is 7.13. The molecule has 0 bridgehead atoms. The predicted molar refractivity (Wildman–Crippen MR) is 112 cm³/mol. The summed E-state index contributed by atoms with van der Waals surface area (Å²) < 4.78 is 22.9. The van der Waals surface area contributed by atoms with Crippen LogP contribution < -0.4 is 10.5 Å². The second-order valence-corrected chi connectivity index (χ2v) is 11.5. The number of carbonyl (C=O) groups excluding carboxylic acids is 2. The van der Waals surface area contributed by atoms with E-state index in [9.17, 15) is 27.9 Å². The van der Waals surface area contributed by atoms with E-state index >= 15 is 0 Å². The Bertz CT molecular complexity index is 902. The summed E-state index contributed by atoms with van der Waals surface area (Å²) in [5.41, 5.74) is -0.0241. The second kappa shape index (κ2) is 8.13. The minimum atomic E-state index is -3.75. The van der Waals surface area contributed by atoms with Crippen molar-refractivity contribution < 1.29 is 27.9 Å². The van der Waals surface area contributed by atoms with Gasteiger partial charge < -0.3 is 20.2 Å². The van der Waals surface area contributed by atoms with E-state index in [4.69, 9.17) is 5.14 Å². The molecule has 168 valence electrons. The van der Waals surface area contributed by atoms with Gasteiger partial charge in [-0.2, -0.15) is 0 Å². The summed E-state index contributed by atoms with van der Waals surface area (Å²) in [5.74, 6) is -3.24. The van der Waals surface area contributed by atoms with Gasteiger partial charge >= 0.3 is 5.97 Å². The summed E-state index contributed by atoms with van der Waals surface area (Å²) in [6, 6.07) is -0.708. The number of nitrogens with zero attached hydrogens (tertiary/aromatic N) is 2. The molecule has 0 aromatic heterocycles. The largest absolute Gasteiger partial charge is 0.477 e. The van der Waals surface area contributed by atoms with E-state index in [0.29, 0.717) is 17.9 Å². The lowest BCUT2D eigenvalue weighted by molar-refractivity contribution is -0.159. The third-order valence-electron chi connectivity index (χ3n) is 6.02. The summed E-state index contributed by atoms with van der Waals surface area (Å²) in [7, 11) is -0.371. The quantitative estimate of drug-likeness (QED) is 0.419. The Hall–Kier alpha value is -1.63. The maximum absolute atomic E-state index is 12.8. The highest BCUT2D eigenvalue weighted by Crippen LogP contribution is 2.52. The zero-order chi connectivity index (χ0) is 22.5. The third kappa shape index (κ3) is 4.10. The zero-order valence-electron chi connectivity index (χ0n) is 17.4. The van der Waals surface area contributed by atoms with Crippen LogP contribution in [0, 0.1) is 17.8 Å². The molecular formula is C18H28N4O6S2. The van der Waals surface area contributed by atoms with Gasteiger partial charge in [-0.15, -0.1) is 11.8 Å². The number of primary sulfonamides is 1. The van der Waals surface area contributed by atoms with Gasteiger partial charge in [0.2, 0.25) is 21.8 Å². The van der Waals surface area contributed by atoms with Crippen LogP contribution >= 0.6 is 11.8 Å². The number of β-lactam (4-membered cyclic amide) rings is 1. The number of nitrogens with one attached hydrogen (secondary N) is 1. The van der Waals surface area contributed by atoms with Gasteiger partial charge in [-0.3, -0.25) is 9.59 Å². The molecule has 0 radical (unpaired) electrons. The fraction of sp³-hybridized carbons (Fsp3) is 0.722. The van der Waals surface area contributed by atoms with Crippen molar-refractivity contribution in [3.63, 3.8) is 0 Å². The molecule has 3 aliphatic rings. The molecule has 0 saturated carbocycles. The lowest BCUT2D eigenvalue weighted by Crippen LogP contribution is -2.63. The molecule has 30 heavy (non-hydrogen) atoms. The van der Waals surface area contributed by atoms with Crippen molar-refractivity contribution in [3.05, 3.63) is 10.6 Å². The number of carboxylic acid groups (broad SMARTS) is 1. The third-order valence-corrected chi connectivity index (χ3v) is 8.52. The van der Waals surface area contributed by atoms with Gasteiger partial charge in [-0.05, 0) is 12.3 Å². The second-order valence-electron chi connectivity index (χ2n) is 8.51. The van der Waals surface area contributed by atoms with Crippen LogP contribution in [0.3, 0.4) is 0 Å². The average molecular weight is 461 g/mol. The van der Waals surface area contributed by atoms with E-state index in [1.807, 2.05) is 6.92 Å². The highest BCUT2D eigenvalue weighted by Gasteiger charge is 2.60. The van der Waals surface area contributed by atoms with Crippen LogP contribution in [0.25, 0.3) is 0 Å². The number of aliphatic carboxylic acids is 1. The Labute approximate surface area is 180 Å². The Morgan fingerprint density at radius 2 is 2.03 bits per heavy atom. The Balaban J connectivity index is 1.78. The maximum atomic E-state index is 12.8. The van der Waals surface area contributed by atoms with Gasteiger partial charge in [-0.1, -0.05) is 13.8 Å². The summed E-state index contributed by atoms with van der Waals surface area (Å²) in [5, 5.41) is 18.1. The minimum Gasteiger partial charge on any atom is -0.477 e. The van der Waals surface area contributed by atoms with Crippen molar-refractivity contribution in [1.29, 1.82) is 0 Å². The highest BCUT2D eigenvalue weighted by molar-refractivity contribution is 8.03. The SMILES string of the molecule is C[C@@H](CS(N)(=O)=O)[C@H]1C(=O)N2C(C(=O)O)=C(S[C@@H]3CN[C@H](C(=O)N(C)C)C3)[C@H](C)[C@@H]12. The number of amides is 2. The molecule has 3 heterocycles. The minimum absolute atomic E-state index is 0.000190. The van der Waals surface area contributed by atoms with Crippen LogP contribution in [0.5, 0.6) is 0 Å². The number of thioether (sulfide) groups is 1. The molecule has 0 aromatic rings. The van der Waals surface area contributed by atoms with Crippen molar-refractivity contribution in [3.8, 4) is 0 Å². The van der Waals surface area contributed by atoms with Crippen LogP contribution in [0.2, 0.25) is 0 Å². The molecule has 3 aliphatic heterocycles. The van der Waals surface area contributed by atoms with Crippen molar-refractivity contribution in [2.45, 2.75) is 37.6 Å². The molecule has 2 saturated heterocycles.